The van der Waals surface area contributed by atoms with Gasteiger partial charge in [0.2, 0.25) is 0 Å². The zero-order valence-corrected chi connectivity index (χ0v) is 11.6. The average Bonchev–Trinajstić information content (AvgIpc) is 3.34. The van der Waals surface area contributed by atoms with Crippen LogP contribution in [-0.2, 0) is 6.42 Å². The Hall–Kier alpha value is -2.27. The Morgan fingerprint density at radius 2 is 2.00 bits per heavy atom. The number of aliphatic hydroxyl groups excluding tert-OH is 1. The number of carbonyl (C=O) groups is 1. The molecule has 1 aromatic carbocycles. The Kier molecular flexibility index (Phi) is 3.92. The first-order chi connectivity index (χ1) is 10.3. The molecule has 0 aliphatic heterocycles. The van der Waals surface area contributed by atoms with Crippen molar-refractivity contribution in [3.8, 4) is 0 Å². The van der Waals surface area contributed by atoms with E-state index in [2.05, 4.69) is 15.3 Å². The highest BCUT2D eigenvalue weighted by molar-refractivity contribution is 6.02. The minimum atomic E-state index is -0.228. The number of nitrogens with one attached hydrogen (secondary N) is 1. The third kappa shape index (κ3) is 3.44. The van der Waals surface area contributed by atoms with Gasteiger partial charge < -0.3 is 10.4 Å². The summed E-state index contributed by atoms with van der Waals surface area (Å²) in [6.45, 7) is 0.122. The van der Waals surface area contributed by atoms with Gasteiger partial charge in [-0.15, -0.1) is 0 Å². The number of aliphatic hydroxyl groups is 1. The normalized spacial score (nSPS) is 14.0. The molecule has 0 radical (unpaired) electrons. The number of benzene rings is 1. The number of aromatic nitrogens is 2. The summed E-state index contributed by atoms with van der Waals surface area (Å²) in [5.74, 6) is 0.964. The molecule has 1 heterocycles. The molecule has 5 nitrogen and oxygen atoms in total. The molecule has 3 rings (SSSR count). The average molecular weight is 283 g/mol. The van der Waals surface area contributed by atoms with Gasteiger partial charge in [0, 0.05) is 24.4 Å². The van der Waals surface area contributed by atoms with E-state index in [4.69, 9.17) is 5.11 Å². The molecular weight excluding hydrogens is 266 g/mol. The van der Waals surface area contributed by atoms with E-state index in [1.165, 1.54) is 0 Å². The van der Waals surface area contributed by atoms with Crippen LogP contribution < -0.4 is 5.32 Å². The van der Waals surface area contributed by atoms with E-state index in [-0.39, 0.29) is 12.5 Å². The molecule has 0 saturated heterocycles. The molecule has 1 fully saturated rings. The van der Waals surface area contributed by atoms with Gasteiger partial charge in [-0.1, -0.05) is 12.1 Å². The number of amides is 1. The second-order valence-electron chi connectivity index (χ2n) is 5.20. The van der Waals surface area contributed by atoms with Crippen molar-refractivity contribution in [3.63, 3.8) is 0 Å². The first-order valence-corrected chi connectivity index (χ1v) is 7.10. The summed E-state index contributed by atoms with van der Waals surface area (Å²) in [6.07, 6.45) is 4.47. The van der Waals surface area contributed by atoms with E-state index in [0.29, 0.717) is 23.7 Å². The molecule has 21 heavy (non-hydrogen) atoms. The van der Waals surface area contributed by atoms with Crippen LogP contribution in [0.25, 0.3) is 0 Å². The van der Waals surface area contributed by atoms with Crippen LogP contribution in [0.4, 0.5) is 5.69 Å². The predicted molar refractivity (Wildman–Crippen MR) is 79.2 cm³/mol. The molecule has 0 bridgehead atoms. The summed E-state index contributed by atoms with van der Waals surface area (Å²) >= 11 is 0. The maximum Gasteiger partial charge on any atom is 0.274 e. The number of carbonyl (C=O) groups excluding carboxylic acids is 1. The van der Waals surface area contributed by atoms with Crippen LogP contribution in [0.15, 0.2) is 36.5 Å². The summed E-state index contributed by atoms with van der Waals surface area (Å²) in [4.78, 5) is 20.7. The van der Waals surface area contributed by atoms with Gasteiger partial charge in [0.1, 0.15) is 11.5 Å². The maximum atomic E-state index is 12.2. The van der Waals surface area contributed by atoms with Crippen LogP contribution >= 0.6 is 0 Å². The molecule has 1 amide bonds. The van der Waals surface area contributed by atoms with Crippen molar-refractivity contribution in [1.29, 1.82) is 0 Å². The number of hydrogen-bond donors (Lipinski definition) is 2. The van der Waals surface area contributed by atoms with Gasteiger partial charge >= 0.3 is 0 Å². The molecule has 0 atom stereocenters. The van der Waals surface area contributed by atoms with Crippen LogP contribution in [-0.4, -0.2) is 27.6 Å². The maximum absolute atomic E-state index is 12.2. The Balaban J connectivity index is 1.69. The molecular formula is C16H17N3O2. The molecule has 108 valence electrons. The van der Waals surface area contributed by atoms with Gasteiger partial charge in [-0.25, -0.2) is 9.97 Å². The van der Waals surface area contributed by atoms with E-state index in [9.17, 15) is 4.79 Å². The van der Waals surface area contributed by atoms with Gasteiger partial charge in [0.15, 0.2) is 0 Å². The Labute approximate surface area is 123 Å². The number of anilines is 1. The molecule has 5 heteroatoms. The lowest BCUT2D eigenvalue weighted by molar-refractivity contribution is 0.102. The topological polar surface area (TPSA) is 75.1 Å². The second kappa shape index (κ2) is 6.01. The van der Waals surface area contributed by atoms with E-state index >= 15 is 0 Å². The SMILES string of the molecule is O=C(Nc1ccc(CCO)cc1)c1ccnc(C2CC2)n1. The first-order valence-electron chi connectivity index (χ1n) is 7.10. The van der Waals surface area contributed by atoms with E-state index in [1.807, 2.05) is 24.3 Å². The smallest absolute Gasteiger partial charge is 0.274 e. The van der Waals surface area contributed by atoms with Crippen molar-refractivity contribution in [1.82, 2.24) is 9.97 Å². The molecule has 1 aromatic heterocycles. The number of nitrogens with zero attached hydrogens (tertiary/aromatic N) is 2. The van der Waals surface area contributed by atoms with Gasteiger partial charge in [0.25, 0.3) is 5.91 Å². The molecule has 1 aliphatic rings. The summed E-state index contributed by atoms with van der Waals surface area (Å²) in [6, 6.07) is 9.06. The molecule has 1 aliphatic carbocycles. The van der Waals surface area contributed by atoms with Crippen LogP contribution in [0.1, 0.15) is 40.6 Å². The summed E-state index contributed by atoms with van der Waals surface area (Å²) in [5, 5.41) is 11.7. The fraction of sp³-hybridized carbons (Fsp3) is 0.312. The van der Waals surface area contributed by atoms with Crippen molar-refractivity contribution in [2.75, 3.05) is 11.9 Å². The Bertz CT molecular complexity index is 636. The molecule has 2 aromatic rings. The summed E-state index contributed by atoms with van der Waals surface area (Å²) in [5.41, 5.74) is 2.15. The van der Waals surface area contributed by atoms with Crippen molar-refractivity contribution < 1.29 is 9.90 Å². The summed E-state index contributed by atoms with van der Waals surface area (Å²) in [7, 11) is 0. The fourth-order valence-corrected chi connectivity index (χ4v) is 2.12. The predicted octanol–water partition coefficient (Wildman–Crippen LogP) is 2.14. The standard InChI is InChI=1S/C16H17N3O2/c20-10-8-11-1-5-13(6-2-11)18-16(21)14-7-9-17-15(19-14)12-3-4-12/h1-2,5-7,9,12,20H,3-4,8,10H2,(H,18,21). The zero-order valence-electron chi connectivity index (χ0n) is 11.6. The zero-order chi connectivity index (χ0) is 14.7. The lowest BCUT2D eigenvalue weighted by Crippen LogP contribution is -2.14. The minimum Gasteiger partial charge on any atom is -0.396 e. The van der Waals surface area contributed by atoms with E-state index in [1.54, 1.807) is 12.3 Å². The summed E-state index contributed by atoms with van der Waals surface area (Å²) < 4.78 is 0. The molecule has 1 saturated carbocycles. The van der Waals surface area contributed by atoms with Gasteiger partial charge in [0.05, 0.1) is 0 Å². The van der Waals surface area contributed by atoms with Crippen molar-refractivity contribution >= 4 is 11.6 Å². The molecule has 0 spiro atoms. The third-order valence-electron chi connectivity index (χ3n) is 3.46. The van der Waals surface area contributed by atoms with E-state index in [0.717, 1.165) is 24.2 Å². The highest BCUT2D eigenvalue weighted by Crippen LogP contribution is 2.37. The molecule has 0 unspecified atom stereocenters. The van der Waals surface area contributed by atoms with Gasteiger partial charge in [-0.2, -0.15) is 0 Å². The van der Waals surface area contributed by atoms with Crippen molar-refractivity contribution in [3.05, 3.63) is 53.6 Å². The number of rotatable bonds is 5. The highest BCUT2D eigenvalue weighted by Gasteiger charge is 2.27. The van der Waals surface area contributed by atoms with Crippen LogP contribution in [0.2, 0.25) is 0 Å². The largest absolute Gasteiger partial charge is 0.396 e. The van der Waals surface area contributed by atoms with Crippen LogP contribution in [0.3, 0.4) is 0 Å². The fourth-order valence-electron chi connectivity index (χ4n) is 2.12. The third-order valence-corrected chi connectivity index (χ3v) is 3.46. The van der Waals surface area contributed by atoms with Crippen LogP contribution in [0.5, 0.6) is 0 Å². The minimum absolute atomic E-state index is 0.122. The first kappa shape index (κ1) is 13.7. The lowest BCUT2D eigenvalue weighted by Gasteiger charge is -2.06. The quantitative estimate of drug-likeness (QED) is 0.881. The lowest BCUT2D eigenvalue weighted by atomic mass is 10.1. The van der Waals surface area contributed by atoms with Crippen molar-refractivity contribution in [2.45, 2.75) is 25.2 Å². The van der Waals surface area contributed by atoms with Crippen molar-refractivity contribution in [2.24, 2.45) is 0 Å². The monoisotopic (exact) mass is 283 g/mol. The van der Waals surface area contributed by atoms with Crippen LogP contribution in [0, 0.1) is 0 Å². The van der Waals surface area contributed by atoms with E-state index < -0.39 is 0 Å². The number of hydrogen-bond acceptors (Lipinski definition) is 4. The Morgan fingerprint density at radius 3 is 2.67 bits per heavy atom. The second-order valence-corrected chi connectivity index (χ2v) is 5.20. The Morgan fingerprint density at radius 1 is 1.24 bits per heavy atom. The highest BCUT2D eigenvalue weighted by atomic mass is 16.2. The van der Waals surface area contributed by atoms with Gasteiger partial charge in [-0.05, 0) is 43.0 Å². The molecule has 2 N–H and O–H groups in total. The van der Waals surface area contributed by atoms with Gasteiger partial charge in [-0.3, -0.25) is 4.79 Å².